The molecule has 0 amide bonds. The molecule has 0 fully saturated rings. The van der Waals surface area contributed by atoms with Crippen LogP contribution in [0.1, 0.15) is 5.56 Å². The molecular weight excluding hydrogens is 216 g/mol. The van der Waals surface area contributed by atoms with E-state index >= 15 is 0 Å². The Labute approximate surface area is 100 Å². The summed E-state index contributed by atoms with van der Waals surface area (Å²) >= 11 is 0. The molecule has 0 aliphatic heterocycles. The summed E-state index contributed by atoms with van der Waals surface area (Å²) in [7, 11) is 1.57. The molecule has 4 nitrogen and oxygen atoms in total. The summed E-state index contributed by atoms with van der Waals surface area (Å²) in [6.07, 6.45) is 1.64. The Morgan fingerprint density at radius 2 is 2.06 bits per heavy atom. The Balaban J connectivity index is 2.24. The van der Waals surface area contributed by atoms with Crippen molar-refractivity contribution < 1.29 is 9.47 Å². The zero-order chi connectivity index (χ0) is 12.1. The van der Waals surface area contributed by atoms with E-state index in [9.17, 15) is 0 Å². The number of aromatic nitrogens is 1. The number of nitrogens with zero attached hydrogens (tertiary/aromatic N) is 1. The highest BCUT2D eigenvalue weighted by Gasteiger charge is 2.03. The van der Waals surface area contributed by atoms with Gasteiger partial charge in [-0.3, -0.25) is 0 Å². The van der Waals surface area contributed by atoms with E-state index in [2.05, 4.69) is 4.98 Å². The lowest BCUT2D eigenvalue weighted by atomic mass is 10.2. The molecule has 1 heterocycles. The zero-order valence-electron chi connectivity index (χ0n) is 9.59. The van der Waals surface area contributed by atoms with Crippen molar-refractivity contribution in [3.63, 3.8) is 0 Å². The fourth-order valence-corrected chi connectivity index (χ4v) is 1.47. The van der Waals surface area contributed by atoms with Gasteiger partial charge in [-0.15, -0.1) is 0 Å². The molecule has 2 N–H and O–H groups in total. The molecule has 0 unspecified atom stereocenters. The van der Waals surface area contributed by atoms with Gasteiger partial charge in [-0.2, -0.15) is 0 Å². The van der Waals surface area contributed by atoms with Crippen LogP contribution in [-0.2, 0) is 6.54 Å². The zero-order valence-corrected chi connectivity index (χ0v) is 9.59. The van der Waals surface area contributed by atoms with Crippen LogP contribution in [0.25, 0.3) is 0 Å². The number of pyridine rings is 1. The highest BCUT2D eigenvalue weighted by molar-refractivity contribution is 5.38. The minimum Gasteiger partial charge on any atom is -0.481 e. The van der Waals surface area contributed by atoms with Crippen molar-refractivity contribution in [2.45, 2.75) is 6.54 Å². The van der Waals surface area contributed by atoms with Crippen LogP contribution < -0.4 is 15.2 Å². The van der Waals surface area contributed by atoms with E-state index in [-0.39, 0.29) is 0 Å². The van der Waals surface area contributed by atoms with Crippen molar-refractivity contribution in [2.75, 3.05) is 7.11 Å². The number of hydrogen-bond donors (Lipinski definition) is 1. The maximum atomic E-state index is 5.74. The Kier molecular flexibility index (Phi) is 3.57. The topological polar surface area (TPSA) is 57.4 Å². The lowest BCUT2D eigenvalue weighted by Crippen LogP contribution is -1.99. The molecule has 1 aromatic carbocycles. The second-order valence-corrected chi connectivity index (χ2v) is 3.45. The molecule has 4 heteroatoms. The van der Waals surface area contributed by atoms with Gasteiger partial charge in [-0.05, 0) is 12.1 Å². The minimum absolute atomic E-state index is 0.443. The predicted octanol–water partition coefficient (Wildman–Crippen LogP) is 2.34. The van der Waals surface area contributed by atoms with Gasteiger partial charge in [-0.25, -0.2) is 4.98 Å². The van der Waals surface area contributed by atoms with Crippen molar-refractivity contribution >= 4 is 0 Å². The van der Waals surface area contributed by atoms with Crippen LogP contribution in [0.2, 0.25) is 0 Å². The molecule has 1 aromatic heterocycles. The number of hydrogen-bond acceptors (Lipinski definition) is 4. The second-order valence-electron chi connectivity index (χ2n) is 3.45. The number of para-hydroxylation sites is 1. The maximum Gasteiger partial charge on any atom is 0.216 e. The van der Waals surface area contributed by atoms with Crippen LogP contribution in [0.3, 0.4) is 0 Å². The van der Waals surface area contributed by atoms with Gasteiger partial charge >= 0.3 is 0 Å². The Morgan fingerprint density at radius 1 is 1.24 bits per heavy atom. The van der Waals surface area contributed by atoms with Crippen molar-refractivity contribution in [2.24, 2.45) is 5.73 Å². The highest BCUT2D eigenvalue weighted by Crippen LogP contribution is 2.26. The second kappa shape index (κ2) is 5.32. The van der Waals surface area contributed by atoms with Crippen LogP contribution in [-0.4, -0.2) is 12.1 Å². The average Bonchev–Trinajstić information content (AvgIpc) is 2.39. The summed E-state index contributed by atoms with van der Waals surface area (Å²) in [6, 6.07) is 11.2. The Bertz CT molecular complexity index is 500. The van der Waals surface area contributed by atoms with Gasteiger partial charge in [-0.1, -0.05) is 18.2 Å². The van der Waals surface area contributed by atoms with Crippen LogP contribution >= 0.6 is 0 Å². The molecular formula is C13H14N2O2. The van der Waals surface area contributed by atoms with Gasteiger partial charge in [0.1, 0.15) is 11.5 Å². The Hall–Kier alpha value is -2.07. The third-order valence-corrected chi connectivity index (χ3v) is 2.34. The molecule has 2 aromatic rings. The number of nitrogens with two attached hydrogens (primary N) is 1. The first-order valence-corrected chi connectivity index (χ1v) is 5.29. The van der Waals surface area contributed by atoms with E-state index < -0.39 is 0 Å². The fraction of sp³-hybridized carbons (Fsp3) is 0.154. The summed E-state index contributed by atoms with van der Waals surface area (Å²) in [5.41, 5.74) is 6.60. The first kappa shape index (κ1) is 11.4. The van der Waals surface area contributed by atoms with Gasteiger partial charge in [0.05, 0.1) is 7.11 Å². The molecule has 0 aliphatic rings. The van der Waals surface area contributed by atoms with E-state index in [4.69, 9.17) is 15.2 Å². The summed E-state index contributed by atoms with van der Waals surface area (Å²) in [5.74, 6) is 1.95. The molecule has 2 rings (SSSR count). The van der Waals surface area contributed by atoms with Crippen molar-refractivity contribution in [3.8, 4) is 17.4 Å². The number of rotatable bonds is 4. The van der Waals surface area contributed by atoms with Gasteiger partial charge in [0.2, 0.25) is 5.88 Å². The van der Waals surface area contributed by atoms with Gasteiger partial charge in [0.25, 0.3) is 0 Å². The van der Waals surface area contributed by atoms with E-state index in [1.54, 1.807) is 25.4 Å². The third-order valence-electron chi connectivity index (χ3n) is 2.34. The molecule has 17 heavy (non-hydrogen) atoms. The molecule has 0 saturated heterocycles. The first-order valence-electron chi connectivity index (χ1n) is 5.29. The lowest BCUT2D eigenvalue weighted by molar-refractivity contribution is 0.392. The number of benzene rings is 1. The summed E-state index contributed by atoms with van der Waals surface area (Å²) in [5, 5.41) is 0. The molecule has 0 spiro atoms. The third kappa shape index (κ3) is 2.73. The normalized spacial score (nSPS) is 10.0. The molecule has 0 saturated carbocycles. The highest BCUT2D eigenvalue weighted by atomic mass is 16.5. The van der Waals surface area contributed by atoms with Crippen LogP contribution in [0.4, 0.5) is 0 Å². The molecule has 0 atom stereocenters. The van der Waals surface area contributed by atoms with E-state index in [0.717, 1.165) is 11.3 Å². The smallest absolute Gasteiger partial charge is 0.216 e. The largest absolute Gasteiger partial charge is 0.481 e. The first-order chi connectivity index (χ1) is 8.33. The van der Waals surface area contributed by atoms with Gasteiger partial charge in [0.15, 0.2) is 0 Å². The summed E-state index contributed by atoms with van der Waals surface area (Å²) in [4.78, 5) is 4.02. The van der Waals surface area contributed by atoms with Crippen LogP contribution in [0.15, 0.2) is 42.6 Å². The quantitative estimate of drug-likeness (QED) is 0.875. The predicted molar refractivity (Wildman–Crippen MR) is 65.2 cm³/mol. The average molecular weight is 230 g/mol. The molecule has 88 valence electrons. The number of ether oxygens (including phenoxy) is 2. The van der Waals surface area contributed by atoms with Crippen LogP contribution in [0, 0.1) is 0 Å². The fourth-order valence-electron chi connectivity index (χ4n) is 1.47. The van der Waals surface area contributed by atoms with Crippen LogP contribution in [0.5, 0.6) is 17.4 Å². The SMILES string of the molecule is COc1cc(Oc2ccccc2CN)ccn1. The maximum absolute atomic E-state index is 5.74. The molecule has 0 bridgehead atoms. The minimum atomic E-state index is 0.443. The van der Waals surface area contributed by atoms with E-state index in [0.29, 0.717) is 18.2 Å². The van der Waals surface area contributed by atoms with E-state index in [1.807, 2.05) is 24.3 Å². The summed E-state index contributed by atoms with van der Waals surface area (Å²) < 4.78 is 10.8. The monoisotopic (exact) mass is 230 g/mol. The van der Waals surface area contributed by atoms with E-state index in [1.165, 1.54) is 0 Å². The van der Waals surface area contributed by atoms with Gasteiger partial charge in [0, 0.05) is 24.4 Å². The molecule has 0 radical (unpaired) electrons. The lowest BCUT2D eigenvalue weighted by Gasteiger charge is -2.10. The van der Waals surface area contributed by atoms with Crippen molar-refractivity contribution in [1.82, 2.24) is 4.98 Å². The number of methoxy groups -OCH3 is 1. The van der Waals surface area contributed by atoms with Gasteiger partial charge < -0.3 is 15.2 Å². The Morgan fingerprint density at radius 3 is 2.82 bits per heavy atom. The summed E-state index contributed by atoms with van der Waals surface area (Å²) in [6.45, 7) is 0.443. The molecule has 0 aliphatic carbocycles. The van der Waals surface area contributed by atoms with Crippen molar-refractivity contribution in [3.05, 3.63) is 48.2 Å². The standard InChI is InChI=1S/C13H14N2O2/c1-16-13-8-11(6-7-15-13)17-12-5-3-2-4-10(12)9-14/h2-8H,9,14H2,1H3. The van der Waals surface area contributed by atoms with Crippen molar-refractivity contribution in [1.29, 1.82) is 0 Å².